The second-order valence-electron chi connectivity index (χ2n) is 6.12. The van der Waals surface area contributed by atoms with E-state index in [4.69, 9.17) is 16.9 Å². The summed E-state index contributed by atoms with van der Waals surface area (Å²) in [4.78, 5) is 6.74. The highest BCUT2D eigenvalue weighted by atomic mass is 35.5. The number of aromatic nitrogens is 1. The van der Waals surface area contributed by atoms with Crippen LogP contribution < -0.4 is 4.90 Å². The van der Waals surface area contributed by atoms with Gasteiger partial charge in [-0.3, -0.25) is 0 Å². The summed E-state index contributed by atoms with van der Waals surface area (Å²) in [5, 5.41) is 9.53. The smallest absolute Gasteiger partial charge is 0.147 e. The zero-order valence-electron chi connectivity index (χ0n) is 13.5. The number of nitriles is 1. The maximum Gasteiger partial charge on any atom is 0.147 e. The number of nitrogens with zero attached hydrogens (tertiary/aromatic N) is 3. The number of hydrogen-bond acceptors (Lipinski definition) is 3. The van der Waals surface area contributed by atoms with Gasteiger partial charge in [0.2, 0.25) is 0 Å². The van der Waals surface area contributed by atoms with Crippen molar-refractivity contribution in [2.75, 3.05) is 11.4 Å². The molecular formula is C19H20ClN3. The number of hydrogen-bond donors (Lipinski definition) is 0. The van der Waals surface area contributed by atoms with Crippen LogP contribution in [0, 0.1) is 18.3 Å². The number of benzene rings is 1. The van der Waals surface area contributed by atoms with Gasteiger partial charge in [-0.1, -0.05) is 48.4 Å². The first-order valence-electron chi connectivity index (χ1n) is 8.03. The first-order valence-corrected chi connectivity index (χ1v) is 8.40. The van der Waals surface area contributed by atoms with Gasteiger partial charge in [-0.25, -0.2) is 4.98 Å². The minimum absolute atomic E-state index is 0.385. The van der Waals surface area contributed by atoms with E-state index in [-0.39, 0.29) is 0 Å². The molecule has 0 radical (unpaired) electrons. The average molecular weight is 326 g/mol. The topological polar surface area (TPSA) is 39.9 Å². The molecule has 2 heterocycles. The summed E-state index contributed by atoms with van der Waals surface area (Å²) in [5.41, 5.74) is 3.17. The predicted molar refractivity (Wildman–Crippen MR) is 93.9 cm³/mol. The van der Waals surface area contributed by atoms with Crippen LogP contribution in [-0.4, -0.2) is 17.6 Å². The minimum Gasteiger partial charge on any atom is -0.352 e. The van der Waals surface area contributed by atoms with Gasteiger partial charge in [0.15, 0.2) is 0 Å². The molecule has 4 heteroatoms. The molecule has 0 spiro atoms. The maximum absolute atomic E-state index is 8.97. The van der Waals surface area contributed by atoms with Crippen molar-refractivity contribution in [3.05, 3.63) is 58.2 Å². The molecule has 23 heavy (non-hydrogen) atoms. The van der Waals surface area contributed by atoms with Crippen LogP contribution in [0.15, 0.2) is 36.5 Å². The normalized spacial score (nSPS) is 20.5. The van der Waals surface area contributed by atoms with Crippen LogP contribution in [0.25, 0.3) is 0 Å². The van der Waals surface area contributed by atoms with Crippen LogP contribution >= 0.6 is 11.6 Å². The molecule has 2 aromatic rings. The Morgan fingerprint density at radius 1 is 1.35 bits per heavy atom. The van der Waals surface area contributed by atoms with E-state index >= 15 is 0 Å². The van der Waals surface area contributed by atoms with Gasteiger partial charge in [-0.15, -0.1) is 0 Å². The van der Waals surface area contributed by atoms with E-state index in [0.717, 1.165) is 25.2 Å². The lowest BCUT2D eigenvalue weighted by molar-refractivity contribution is 0.569. The van der Waals surface area contributed by atoms with E-state index in [1.165, 1.54) is 11.1 Å². The van der Waals surface area contributed by atoms with Crippen molar-refractivity contribution in [2.45, 2.75) is 38.6 Å². The monoisotopic (exact) mass is 325 g/mol. The van der Waals surface area contributed by atoms with Crippen molar-refractivity contribution in [1.82, 2.24) is 4.98 Å². The Morgan fingerprint density at radius 3 is 2.70 bits per heavy atom. The largest absolute Gasteiger partial charge is 0.352 e. The number of pyridine rings is 1. The van der Waals surface area contributed by atoms with Crippen molar-refractivity contribution < 1.29 is 0 Å². The van der Waals surface area contributed by atoms with Crippen LogP contribution in [0.4, 0.5) is 5.82 Å². The minimum atomic E-state index is 0.385. The van der Waals surface area contributed by atoms with Crippen molar-refractivity contribution in [2.24, 2.45) is 0 Å². The third-order valence-corrected chi connectivity index (χ3v) is 4.97. The lowest BCUT2D eigenvalue weighted by Crippen LogP contribution is -2.32. The van der Waals surface area contributed by atoms with Crippen LogP contribution in [-0.2, 0) is 0 Å². The van der Waals surface area contributed by atoms with Crippen molar-refractivity contribution in [3.8, 4) is 6.07 Å². The van der Waals surface area contributed by atoms with Crippen LogP contribution in [0.2, 0.25) is 5.02 Å². The molecule has 0 bridgehead atoms. The maximum atomic E-state index is 8.97. The fraction of sp³-hybridized carbons (Fsp3) is 0.368. The highest BCUT2D eigenvalue weighted by Gasteiger charge is 2.35. The number of anilines is 1. The molecule has 118 valence electrons. The van der Waals surface area contributed by atoms with E-state index in [0.29, 0.717) is 22.5 Å². The van der Waals surface area contributed by atoms with E-state index in [9.17, 15) is 0 Å². The number of aryl methyl sites for hydroxylation is 1. The molecular weight excluding hydrogens is 306 g/mol. The summed E-state index contributed by atoms with van der Waals surface area (Å²) in [7, 11) is 0. The lowest BCUT2D eigenvalue weighted by atomic mass is 9.90. The zero-order valence-corrected chi connectivity index (χ0v) is 14.2. The summed E-state index contributed by atoms with van der Waals surface area (Å²) in [6.07, 6.45) is 3.74. The van der Waals surface area contributed by atoms with Gasteiger partial charge in [0.25, 0.3) is 0 Å². The molecule has 0 saturated carbocycles. The Balaban J connectivity index is 1.90. The van der Waals surface area contributed by atoms with Crippen LogP contribution in [0.1, 0.15) is 42.4 Å². The Kier molecular flexibility index (Phi) is 4.54. The van der Waals surface area contributed by atoms with Gasteiger partial charge >= 0.3 is 0 Å². The van der Waals surface area contributed by atoms with E-state index in [1.807, 2.05) is 0 Å². The molecule has 1 aliphatic rings. The molecule has 0 aliphatic carbocycles. The molecule has 0 unspecified atom stereocenters. The Hall–Kier alpha value is -2.05. The Morgan fingerprint density at radius 2 is 2.09 bits per heavy atom. The molecule has 1 fully saturated rings. The summed E-state index contributed by atoms with van der Waals surface area (Å²) in [6.45, 7) is 5.26. The van der Waals surface area contributed by atoms with Gasteiger partial charge in [0.05, 0.1) is 10.6 Å². The Bertz CT molecular complexity index is 733. The van der Waals surface area contributed by atoms with Crippen LogP contribution in [0.5, 0.6) is 0 Å². The highest BCUT2D eigenvalue weighted by molar-refractivity contribution is 6.33. The van der Waals surface area contributed by atoms with Gasteiger partial charge in [-0.2, -0.15) is 5.26 Å². The lowest BCUT2D eigenvalue weighted by Gasteiger charge is -2.29. The van der Waals surface area contributed by atoms with Gasteiger partial charge in [0, 0.05) is 24.7 Å². The molecule has 2 atom stereocenters. The van der Waals surface area contributed by atoms with Gasteiger partial charge in [0.1, 0.15) is 11.9 Å². The molecule has 3 nitrogen and oxygen atoms in total. The molecule has 3 rings (SSSR count). The third-order valence-electron chi connectivity index (χ3n) is 4.69. The molecule has 1 aromatic heterocycles. The van der Waals surface area contributed by atoms with E-state index in [2.05, 4.69) is 54.1 Å². The predicted octanol–water partition coefficient (Wildman–Crippen LogP) is 4.69. The molecule has 0 amide bonds. The first kappa shape index (κ1) is 15.8. The van der Waals surface area contributed by atoms with Crippen molar-refractivity contribution in [3.63, 3.8) is 0 Å². The second kappa shape index (κ2) is 6.60. The van der Waals surface area contributed by atoms with E-state index in [1.54, 1.807) is 12.3 Å². The highest BCUT2D eigenvalue weighted by Crippen LogP contribution is 2.39. The fourth-order valence-electron chi connectivity index (χ4n) is 3.53. The number of rotatable bonds is 3. The number of halogens is 1. The molecule has 1 aromatic carbocycles. The van der Waals surface area contributed by atoms with Crippen LogP contribution in [0.3, 0.4) is 0 Å². The van der Waals surface area contributed by atoms with Crippen molar-refractivity contribution in [1.29, 1.82) is 5.26 Å². The van der Waals surface area contributed by atoms with Crippen molar-refractivity contribution >= 4 is 17.4 Å². The SMILES string of the molecule is CC[C@H]1[C@@H](c2ccc(C)cc2)CCN1c1ncc(C#N)cc1Cl. The standard InChI is InChI=1S/C19H20ClN3/c1-3-18-16(15-6-4-13(2)5-7-15)8-9-23(18)19-17(20)10-14(11-21)12-22-19/h4-7,10,12,16,18H,3,8-9H2,1-2H3/t16-,18+/m1/s1. The van der Waals surface area contributed by atoms with Gasteiger partial charge in [-0.05, 0) is 31.4 Å². The first-order chi connectivity index (χ1) is 11.1. The molecule has 1 aliphatic heterocycles. The van der Waals surface area contributed by atoms with Gasteiger partial charge < -0.3 is 4.90 Å². The molecule has 0 N–H and O–H groups in total. The second-order valence-corrected chi connectivity index (χ2v) is 6.52. The summed E-state index contributed by atoms with van der Waals surface area (Å²) in [5.74, 6) is 1.29. The average Bonchev–Trinajstić information content (AvgIpc) is 2.99. The summed E-state index contributed by atoms with van der Waals surface area (Å²) < 4.78 is 0. The third kappa shape index (κ3) is 3.04. The Labute approximate surface area is 142 Å². The van der Waals surface area contributed by atoms with E-state index < -0.39 is 0 Å². The fourth-order valence-corrected chi connectivity index (χ4v) is 3.80. The molecule has 1 saturated heterocycles. The summed E-state index contributed by atoms with van der Waals surface area (Å²) >= 11 is 6.37. The quantitative estimate of drug-likeness (QED) is 0.822. The zero-order chi connectivity index (χ0) is 16.4. The summed E-state index contributed by atoms with van der Waals surface area (Å²) in [6, 6.07) is 13.0.